The summed E-state index contributed by atoms with van der Waals surface area (Å²) in [5.41, 5.74) is 0.0476. The highest BCUT2D eigenvalue weighted by atomic mass is 32.2. The minimum Gasteiger partial charge on any atom is -0.478 e. The number of hydrogen-bond acceptors (Lipinski definition) is 4. The Morgan fingerprint density at radius 3 is 2.42 bits per heavy atom. The van der Waals surface area contributed by atoms with Gasteiger partial charge in [-0.25, -0.2) is 17.9 Å². The summed E-state index contributed by atoms with van der Waals surface area (Å²) in [5, 5.41) is 8.74. The molecule has 2 N–H and O–H groups in total. The van der Waals surface area contributed by atoms with Crippen molar-refractivity contribution in [1.29, 1.82) is 0 Å². The average molecular weight is 287 g/mol. The molecule has 6 nitrogen and oxygen atoms in total. The zero-order chi connectivity index (χ0) is 14.5. The molecule has 0 saturated carbocycles. The molecule has 0 fully saturated rings. The summed E-state index contributed by atoms with van der Waals surface area (Å²) in [6, 6.07) is 4.81. The third-order valence-corrected chi connectivity index (χ3v) is 4.13. The van der Waals surface area contributed by atoms with E-state index in [-0.39, 0.29) is 16.5 Å². The quantitative estimate of drug-likeness (QED) is 0.783. The summed E-state index contributed by atoms with van der Waals surface area (Å²) in [6.45, 7) is 2.20. The second-order valence-corrected chi connectivity index (χ2v) is 5.85. The van der Waals surface area contributed by atoms with E-state index in [1.807, 2.05) is 0 Å². The van der Waals surface area contributed by atoms with Gasteiger partial charge in [-0.15, -0.1) is 0 Å². The highest BCUT2D eigenvalue weighted by Gasteiger charge is 2.17. The number of carboxylic acid groups (broad SMARTS) is 1. The summed E-state index contributed by atoms with van der Waals surface area (Å²) >= 11 is 0. The molecule has 1 unspecified atom stereocenters. The molecule has 19 heavy (non-hydrogen) atoms. The molecular weight excluding hydrogens is 270 g/mol. The van der Waals surface area contributed by atoms with Crippen molar-refractivity contribution in [2.45, 2.75) is 24.3 Å². The fourth-order valence-corrected chi connectivity index (χ4v) is 2.74. The van der Waals surface area contributed by atoms with Gasteiger partial charge in [0.15, 0.2) is 0 Å². The van der Waals surface area contributed by atoms with Crippen molar-refractivity contribution in [3.63, 3.8) is 0 Å². The maximum absolute atomic E-state index is 12.0. The Morgan fingerprint density at radius 1 is 1.37 bits per heavy atom. The number of rotatable bonds is 7. The third kappa shape index (κ3) is 4.62. The lowest BCUT2D eigenvalue weighted by molar-refractivity contribution is 0.0696. The lowest BCUT2D eigenvalue weighted by Crippen LogP contribution is -2.33. The Morgan fingerprint density at radius 2 is 1.95 bits per heavy atom. The molecule has 0 aliphatic rings. The molecule has 106 valence electrons. The van der Waals surface area contributed by atoms with E-state index in [2.05, 4.69) is 4.72 Å². The number of sulfonamides is 1. The fraction of sp³-hybridized carbons (Fsp3) is 0.417. The molecule has 0 aliphatic heterocycles. The van der Waals surface area contributed by atoms with E-state index in [1.54, 1.807) is 14.0 Å². The van der Waals surface area contributed by atoms with E-state index in [1.165, 1.54) is 24.3 Å². The second kappa shape index (κ2) is 6.65. The van der Waals surface area contributed by atoms with Gasteiger partial charge in [0, 0.05) is 19.8 Å². The topological polar surface area (TPSA) is 92.7 Å². The second-order valence-electron chi connectivity index (χ2n) is 4.13. The van der Waals surface area contributed by atoms with Gasteiger partial charge in [0.25, 0.3) is 0 Å². The van der Waals surface area contributed by atoms with Gasteiger partial charge in [-0.2, -0.15) is 0 Å². The number of carbonyl (C=O) groups is 1. The van der Waals surface area contributed by atoms with E-state index in [9.17, 15) is 13.2 Å². The molecule has 0 aromatic heterocycles. The molecular formula is C12H17NO5S. The van der Waals surface area contributed by atoms with Gasteiger partial charge in [0.2, 0.25) is 10.0 Å². The van der Waals surface area contributed by atoms with Crippen LogP contribution >= 0.6 is 0 Å². The van der Waals surface area contributed by atoms with E-state index in [0.717, 1.165) is 0 Å². The molecule has 7 heteroatoms. The zero-order valence-electron chi connectivity index (χ0n) is 10.8. The van der Waals surface area contributed by atoms with Gasteiger partial charge in [-0.3, -0.25) is 0 Å². The van der Waals surface area contributed by atoms with Gasteiger partial charge >= 0.3 is 5.97 Å². The largest absolute Gasteiger partial charge is 0.478 e. The van der Waals surface area contributed by atoms with Crippen molar-refractivity contribution in [3.05, 3.63) is 29.8 Å². The molecule has 0 radical (unpaired) electrons. The molecule has 1 rings (SSSR count). The van der Waals surface area contributed by atoms with Crippen molar-refractivity contribution in [2.24, 2.45) is 0 Å². The number of nitrogens with one attached hydrogen (secondary N) is 1. The van der Waals surface area contributed by atoms with Gasteiger partial charge in [-0.05, 0) is 37.6 Å². The highest BCUT2D eigenvalue weighted by Crippen LogP contribution is 2.11. The van der Waals surface area contributed by atoms with E-state index in [0.29, 0.717) is 13.0 Å². The van der Waals surface area contributed by atoms with Crippen LogP contribution in [0, 0.1) is 0 Å². The Bertz CT molecular complexity index is 524. The van der Waals surface area contributed by atoms with E-state index in [4.69, 9.17) is 9.84 Å². The SMILES string of the molecule is COCCC(C)NS(=O)(=O)c1ccc(C(=O)O)cc1. The van der Waals surface area contributed by atoms with Crippen LogP contribution in [0.3, 0.4) is 0 Å². The van der Waals surface area contributed by atoms with Gasteiger partial charge in [-0.1, -0.05) is 0 Å². The summed E-state index contributed by atoms with van der Waals surface area (Å²) in [6.07, 6.45) is 0.558. The zero-order valence-corrected chi connectivity index (χ0v) is 11.6. The molecule has 1 aromatic carbocycles. The van der Waals surface area contributed by atoms with Crippen molar-refractivity contribution in [1.82, 2.24) is 4.72 Å². The fourth-order valence-electron chi connectivity index (χ4n) is 1.46. The van der Waals surface area contributed by atoms with Crippen LogP contribution in [0.2, 0.25) is 0 Å². The smallest absolute Gasteiger partial charge is 0.335 e. The van der Waals surface area contributed by atoms with E-state index < -0.39 is 16.0 Å². The van der Waals surface area contributed by atoms with Crippen molar-refractivity contribution in [2.75, 3.05) is 13.7 Å². The lowest BCUT2D eigenvalue weighted by atomic mass is 10.2. The Balaban J connectivity index is 2.79. The van der Waals surface area contributed by atoms with Gasteiger partial charge < -0.3 is 9.84 Å². The predicted octanol–water partition coefficient (Wildman–Crippen LogP) is 1.09. The first-order valence-electron chi connectivity index (χ1n) is 5.71. The maximum atomic E-state index is 12.0. The summed E-state index contributed by atoms with van der Waals surface area (Å²) in [4.78, 5) is 10.7. The van der Waals surface area contributed by atoms with Crippen LogP contribution in [-0.2, 0) is 14.8 Å². The number of ether oxygens (including phenoxy) is 1. The van der Waals surface area contributed by atoms with Crippen LogP contribution in [-0.4, -0.2) is 39.3 Å². The number of aromatic carboxylic acids is 1. The first kappa shape index (κ1) is 15.6. The molecule has 1 atom stereocenters. The highest BCUT2D eigenvalue weighted by molar-refractivity contribution is 7.89. The van der Waals surface area contributed by atoms with Crippen molar-refractivity contribution >= 4 is 16.0 Å². The van der Waals surface area contributed by atoms with Gasteiger partial charge in [0.1, 0.15) is 0 Å². The summed E-state index contributed by atoms with van der Waals surface area (Å²) in [7, 11) is -2.08. The third-order valence-electron chi connectivity index (χ3n) is 2.52. The summed E-state index contributed by atoms with van der Waals surface area (Å²) in [5.74, 6) is -1.09. The number of hydrogen-bond donors (Lipinski definition) is 2. The minimum atomic E-state index is -3.63. The molecule has 0 heterocycles. The Kier molecular flexibility index (Phi) is 5.46. The maximum Gasteiger partial charge on any atom is 0.335 e. The Hall–Kier alpha value is -1.44. The van der Waals surface area contributed by atoms with Gasteiger partial charge in [0.05, 0.1) is 10.5 Å². The monoisotopic (exact) mass is 287 g/mol. The Labute approximate surface area is 112 Å². The number of carboxylic acids is 1. The standard InChI is InChI=1S/C12H17NO5S/c1-9(7-8-18-2)13-19(16,17)11-5-3-10(4-6-11)12(14)15/h3-6,9,13H,7-8H2,1-2H3,(H,14,15). The first-order valence-corrected chi connectivity index (χ1v) is 7.20. The molecule has 0 bridgehead atoms. The van der Waals surface area contributed by atoms with Crippen LogP contribution in [0.15, 0.2) is 29.2 Å². The molecule has 0 spiro atoms. The van der Waals surface area contributed by atoms with Crippen LogP contribution in [0.1, 0.15) is 23.7 Å². The summed E-state index contributed by atoms with van der Waals surface area (Å²) < 4.78 is 31.4. The predicted molar refractivity (Wildman–Crippen MR) is 69.7 cm³/mol. The van der Waals surface area contributed by atoms with Crippen LogP contribution in [0.5, 0.6) is 0 Å². The van der Waals surface area contributed by atoms with Crippen molar-refractivity contribution in [3.8, 4) is 0 Å². The molecule has 0 saturated heterocycles. The molecule has 0 amide bonds. The average Bonchev–Trinajstić information content (AvgIpc) is 2.36. The van der Waals surface area contributed by atoms with Crippen LogP contribution in [0.25, 0.3) is 0 Å². The number of benzene rings is 1. The van der Waals surface area contributed by atoms with Crippen LogP contribution in [0.4, 0.5) is 0 Å². The lowest BCUT2D eigenvalue weighted by Gasteiger charge is -2.13. The normalized spacial score (nSPS) is 13.2. The number of methoxy groups -OCH3 is 1. The van der Waals surface area contributed by atoms with E-state index >= 15 is 0 Å². The minimum absolute atomic E-state index is 0.0433. The van der Waals surface area contributed by atoms with Crippen molar-refractivity contribution < 1.29 is 23.1 Å². The molecule has 1 aromatic rings. The van der Waals surface area contributed by atoms with Crippen LogP contribution < -0.4 is 4.72 Å². The first-order chi connectivity index (χ1) is 8.86. The molecule has 0 aliphatic carbocycles.